The molecule has 1 aliphatic heterocycles. The lowest BCUT2D eigenvalue weighted by Crippen LogP contribution is -2.39. The van der Waals surface area contributed by atoms with Crippen LogP contribution in [0.25, 0.3) is 22.6 Å². The number of nitrogens with zero attached hydrogens (tertiary/aromatic N) is 9. The number of fused-ring (bicyclic) bond motifs is 2. The molecule has 0 aromatic carbocycles. The van der Waals surface area contributed by atoms with Crippen molar-refractivity contribution >= 4 is 28.6 Å². The number of carbonyl (C=O) groups is 1. The Morgan fingerprint density at radius 2 is 1.97 bits per heavy atom. The third-order valence-electron chi connectivity index (χ3n) is 6.83. The van der Waals surface area contributed by atoms with Gasteiger partial charge in [0.1, 0.15) is 34.3 Å². The zero-order valence-electron chi connectivity index (χ0n) is 19.9. The van der Waals surface area contributed by atoms with E-state index in [9.17, 15) is 18.0 Å². The van der Waals surface area contributed by atoms with E-state index in [1.54, 1.807) is 20.3 Å². The van der Waals surface area contributed by atoms with Gasteiger partial charge >= 0.3 is 6.18 Å². The fourth-order valence-electron chi connectivity index (χ4n) is 5.07. The van der Waals surface area contributed by atoms with Crippen LogP contribution >= 0.6 is 0 Å². The minimum atomic E-state index is -4.27. The molecule has 1 atom stereocenters. The fraction of sp³-hybridized carbons (Fsp3) is 0.455. The van der Waals surface area contributed by atoms with Gasteiger partial charge in [0.05, 0.1) is 17.1 Å². The average molecular weight is 513 g/mol. The molecule has 0 bridgehead atoms. The number of aromatic nitrogens is 9. The minimum absolute atomic E-state index is 0.00224. The number of rotatable bonds is 6. The number of nitrogens with two attached hydrogens (primary N) is 1. The van der Waals surface area contributed by atoms with E-state index in [-0.39, 0.29) is 53.6 Å². The summed E-state index contributed by atoms with van der Waals surface area (Å²) in [5.41, 5.74) is 6.95. The Morgan fingerprint density at radius 1 is 1.19 bits per heavy atom. The Bertz CT molecular complexity index is 1560. The van der Waals surface area contributed by atoms with Crippen LogP contribution in [0.15, 0.2) is 12.4 Å². The fourth-order valence-corrected chi connectivity index (χ4v) is 5.07. The Kier molecular flexibility index (Phi) is 4.97. The third-order valence-corrected chi connectivity index (χ3v) is 6.83. The first-order chi connectivity index (χ1) is 17.6. The van der Waals surface area contributed by atoms with Gasteiger partial charge in [-0.2, -0.15) is 18.3 Å². The van der Waals surface area contributed by atoms with E-state index in [4.69, 9.17) is 5.73 Å². The normalized spacial score (nSPS) is 19.4. The number of anilines is 2. The second kappa shape index (κ2) is 7.91. The number of hydrogen-bond acceptors (Lipinski definition) is 9. The standard InChI is InChI=1S/C22H22F3N11O/c1-35-9-12(33-34-35)22(10-5-6-10)14-16(26)30-18(31-17(14)32-20(22)37)15-11-8-27-36(2)19(11)29-13(28-15)4-3-7-21(23,24)25/h8-10H,3-7H2,1-2H3,(H3,26,30,31,32,37). The van der Waals surface area contributed by atoms with Crippen molar-refractivity contribution in [3.63, 3.8) is 0 Å². The van der Waals surface area contributed by atoms with Gasteiger partial charge in [-0.1, -0.05) is 5.21 Å². The summed E-state index contributed by atoms with van der Waals surface area (Å²) in [4.78, 5) is 31.5. The van der Waals surface area contributed by atoms with Crippen molar-refractivity contribution in [3.05, 3.63) is 29.5 Å². The minimum Gasteiger partial charge on any atom is -0.383 e. The Hall–Kier alpha value is -4.17. The molecule has 0 radical (unpaired) electrons. The number of halogens is 3. The summed E-state index contributed by atoms with van der Waals surface area (Å²) in [7, 11) is 3.38. The molecule has 1 fully saturated rings. The van der Waals surface area contributed by atoms with E-state index in [2.05, 4.69) is 40.7 Å². The largest absolute Gasteiger partial charge is 0.389 e. The van der Waals surface area contributed by atoms with Gasteiger partial charge in [-0.05, 0) is 25.2 Å². The van der Waals surface area contributed by atoms with Gasteiger partial charge in [0.15, 0.2) is 11.5 Å². The van der Waals surface area contributed by atoms with Crippen molar-refractivity contribution < 1.29 is 18.0 Å². The SMILES string of the molecule is Cn1cc(C2(C3CC3)C(=O)Nc3nc(-c4nc(CCCC(F)(F)F)nc5c4cnn5C)nc(N)c32)nn1. The molecule has 0 spiro atoms. The van der Waals surface area contributed by atoms with E-state index in [1.807, 2.05) is 0 Å². The molecule has 37 heavy (non-hydrogen) atoms. The number of nitrogen functional groups attached to an aromatic ring is 1. The highest BCUT2D eigenvalue weighted by molar-refractivity contribution is 6.09. The van der Waals surface area contributed by atoms with E-state index < -0.39 is 18.0 Å². The summed E-state index contributed by atoms with van der Waals surface area (Å²) in [6.45, 7) is 0. The molecular formula is C22H22F3N11O. The highest BCUT2D eigenvalue weighted by Gasteiger charge is 2.61. The lowest BCUT2D eigenvalue weighted by atomic mass is 9.75. The van der Waals surface area contributed by atoms with Gasteiger partial charge in [-0.25, -0.2) is 19.9 Å². The maximum atomic E-state index is 13.5. The van der Waals surface area contributed by atoms with E-state index >= 15 is 0 Å². The van der Waals surface area contributed by atoms with E-state index in [0.29, 0.717) is 22.3 Å². The number of hydrogen-bond donors (Lipinski definition) is 2. The maximum Gasteiger partial charge on any atom is 0.389 e. The molecule has 4 aromatic heterocycles. The van der Waals surface area contributed by atoms with Crippen LogP contribution in [0.4, 0.5) is 24.8 Å². The monoisotopic (exact) mass is 513 g/mol. The molecule has 3 N–H and O–H groups in total. The van der Waals surface area contributed by atoms with Gasteiger partial charge in [-0.15, -0.1) is 5.10 Å². The summed E-state index contributed by atoms with van der Waals surface area (Å²) in [6, 6.07) is 0. The first kappa shape index (κ1) is 23.2. The topological polar surface area (TPSA) is 155 Å². The average Bonchev–Trinajstić information content (AvgIpc) is 3.37. The number of alkyl halides is 3. The van der Waals surface area contributed by atoms with Crippen LogP contribution in [0, 0.1) is 5.92 Å². The van der Waals surface area contributed by atoms with Crippen molar-refractivity contribution in [2.45, 2.75) is 43.7 Å². The Balaban J connectivity index is 1.47. The molecule has 2 aliphatic rings. The van der Waals surface area contributed by atoms with Crippen molar-refractivity contribution in [1.82, 2.24) is 44.7 Å². The first-order valence-corrected chi connectivity index (χ1v) is 11.7. The van der Waals surface area contributed by atoms with Crippen LogP contribution in [0.3, 0.4) is 0 Å². The predicted octanol–water partition coefficient (Wildman–Crippen LogP) is 2.06. The molecule has 6 rings (SSSR count). The molecular weight excluding hydrogens is 491 g/mol. The smallest absolute Gasteiger partial charge is 0.383 e. The zero-order chi connectivity index (χ0) is 26.1. The zero-order valence-corrected chi connectivity index (χ0v) is 19.9. The number of nitrogens with one attached hydrogen (secondary N) is 1. The Morgan fingerprint density at radius 3 is 2.65 bits per heavy atom. The summed E-state index contributed by atoms with van der Waals surface area (Å²) >= 11 is 0. The second-order valence-electron chi connectivity index (χ2n) is 9.43. The first-order valence-electron chi connectivity index (χ1n) is 11.7. The van der Waals surface area contributed by atoms with Crippen molar-refractivity contribution in [2.75, 3.05) is 11.1 Å². The maximum absolute atomic E-state index is 13.5. The van der Waals surface area contributed by atoms with E-state index in [1.165, 1.54) is 15.6 Å². The third kappa shape index (κ3) is 3.67. The lowest BCUT2D eigenvalue weighted by molar-refractivity contribution is -0.135. The molecule has 192 valence electrons. The molecule has 1 unspecified atom stereocenters. The van der Waals surface area contributed by atoms with Crippen molar-refractivity contribution in [3.8, 4) is 11.5 Å². The van der Waals surface area contributed by atoms with Crippen LogP contribution in [0.2, 0.25) is 0 Å². The van der Waals surface area contributed by atoms with Gasteiger partial charge in [-0.3, -0.25) is 14.2 Å². The molecule has 5 heterocycles. The van der Waals surface area contributed by atoms with Crippen LogP contribution in [-0.4, -0.2) is 56.8 Å². The molecule has 4 aromatic rings. The number of aryl methyl sites for hydroxylation is 3. The van der Waals surface area contributed by atoms with Crippen LogP contribution in [-0.2, 0) is 30.7 Å². The van der Waals surface area contributed by atoms with Crippen LogP contribution in [0.5, 0.6) is 0 Å². The van der Waals surface area contributed by atoms with Crippen molar-refractivity contribution in [1.29, 1.82) is 0 Å². The molecule has 12 nitrogen and oxygen atoms in total. The van der Waals surface area contributed by atoms with E-state index in [0.717, 1.165) is 12.8 Å². The van der Waals surface area contributed by atoms with Gasteiger partial charge in [0.25, 0.3) is 0 Å². The van der Waals surface area contributed by atoms with Gasteiger partial charge in [0.2, 0.25) is 5.91 Å². The van der Waals surface area contributed by atoms with Crippen molar-refractivity contribution in [2.24, 2.45) is 20.0 Å². The summed E-state index contributed by atoms with van der Waals surface area (Å²) in [5.74, 6) is 0.329. The second-order valence-corrected chi connectivity index (χ2v) is 9.43. The van der Waals surface area contributed by atoms with Gasteiger partial charge < -0.3 is 11.1 Å². The quantitative estimate of drug-likeness (QED) is 0.394. The molecule has 1 aliphatic carbocycles. The lowest BCUT2D eigenvalue weighted by Gasteiger charge is -2.25. The molecule has 1 amide bonds. The van der Waals surface area contributed by atoms with Crippen LogP contribution < -0.4 is 11.1 Å². The number of carbonyl (C=O) groups excluding carboxylic acids is 1. The molecule has 1 saturated carbocycles. The van der Waals surface area contributed by atoms with Crippen LogP contribution in [0.1, 0.15) is 42.8 Å². The summed E-state index contributed by atoms with van der Waals surface area (Å²) in [5, 5.41) is 15.8. The predicted molar refractivity (Wildman–Crippen MR) is 124 cm³/mol. The summed E-state index contributed by atoms with van der Waals surface area (Å²) < 4.78 is 41.1. The summed E-state index contributed by atoms with van der Waals surface area (Å²) in [6.07, 6.45) is -0.537. The molecule has 0 saturated heterocycles. The highest BCUT2D eigenvalue weighted by atomic mass is 19.4. The highest BCUT2D eigenvalue weighted by Crippen LogP contribution is 2.57. The number of amides is 1. The molecule has 15 heteroatoms. The van der Waals surface area contributed by atoms with Gasteiger partial charge in [0, 0.05) is 33.1 Å². The Labute approximate surface area is 207 Å².